The highest BCUT2D eigenvalue weighted by atomic mass is 32.2. The van der Waals surface area contributed by atoms with E-state index in [0.29, 0.717) is 24.1 Å². The summed E-state index contributed by atoms with van der Waals surface area (Å²) in [6.45, 7) is 5.01. The van der Waals surface area contributed by atoms with Crippen LogP contribution in [0.2, 0.25) is 0 Å². The van der Waals surface area contributed by atoms with Crippen LogP contribution in [0.3, 0.4) is 0 Å². The van der Waals surface area contributed by atoms with Gasteiger partial charge in [-0.3, -0.25) is 4.79 Å². The number of aromatic nitrogens is 2. The van der Waals surface area contributed by atoms with Gasteiger partial charge in [0.05, 0.1) is 24.5 Å². The zero-order valence-corrected chi connectivity index (χ0v) is 21.0. The van der Waals surface area contributed by atoms with Crippen LogP contribution in [0.1, 0.15) is 69.2 Å². The van der Waals surface area contributed by atoms with E-state index in [0.717, 1.165) is 29.5 Å². The Morgan fingerprint density at radius 2 is 1.71 bits per heavy atom. The molecule has 1 aliphatic carbocycles. The normalized spacial score (nSPS) is 13.2. The largest absolute Gasteiger partial charge is 0.462 e. The predicted molar refractivity (Wildman–Crippen MR) is 124 cm³/mol. The highest BCUT2D eigenvalue weighted by Gasteiger charge is 2.38. The SMILES string of the molecule is CCOC(=O)c1sc(NC(=O)CSc2nc3c(c(C(F)(F)F)n2)CCCC3)c(C(=O)OCC)c1C. The molecule has 2 heterocycles. The quantitative estimate of drug-likeness (QED) is 0.293. The van der Waals surface area contributed by atoms with E-state index < -0.39 is 29.7 Å². The number of nitrogens with zero attached hydrogens (tertiary/aromatic N) is 2. The predicted octanol–water partition coefficient (Wildman–Crippen LogP) is 4.83. The number of fused-ring (bicyclic) bond motifs is 1. The summed E-state index contributed by atoms with van der Waals surface area (Å²) in [5.41, 5.74) is -0.135. The number of thiophene rings is 1. The van der Waals surface area contributed by atoms with Crippen LogP contribution < -0.4 is 5.32 Å². The number of nitrogens with one attached hydrogen (secondary N) is 1. The van der Waals surface area contributed by atoms with Gasteiger partial charge in [-0.2, -0.15) is 13.2 Å². The molecular formula is C22H24F3N3O5S2. The summed E-state index contributed by atoms with van der Waals surface area (Å²) in [5.74, 6) is -2.26. The molecular weight excluding hydrogens is 507 g/mol. The average molecular weight is 532 g/mol. The Morgan fingerprint density at radius 1 is 1.06 bits per heavy atom. The average Bonchev–Trinajstić information content (AvgIpc) is 3.12. The molecule has 0 saturated carbocycles. The third kappa shape index (κ3) is 6.31. The van der Waals surface area contributed by atoms with Crippen molar-refractivity contribution in [1.82, 2.24) is 9.97 Å². The number of alkyl halides is 3. The molecule has 8 nitrogen and oxygen atoms in total. The van der Waals surface area contributed by atoms with Crippen LogP contribution in [-0.4, -0.2) is 46.8 Å². The molecule has 0 atom stereocenters. The Balaban J connectivity index is 1.80. The molecule has 13 heteroatoms. The van der Waals surface area contributed by atoms with Crippen molar-refractivity contribution in [3.8, 4) is 0 Å². The number of ether oxygens (including phenoxy) is 2. The van der Waals surface area contributed by atoms with Crippen molar-refractivity contribution in [2.75, 3.05) is 24.3 Å². The van der Waals surface area contributed by atoms with Crippen LogP contribution in [0.25, 0.3) is 0 Å². The van der Waals surface area contributed by atoms with Gasteiger partial charge in [0.15, 0.2) is 10.9 Å². The number of anilines is 1. The van der Waals surface area contributed by atoms with E-state index in [9.17, 15) is 27.6 Å². The molecule has 1 aliphatic rings. The lowest BCUT2D eigenvalue weighted by atomic mass is 9.94. The Morgan fingerprint density at radius 3 is 2.37 bits per heavy atom. The Hall–Kier alpha value is -2.67. The van der Waals surface area contributed by atoms with Gasteiger partial charge in [0, 0.05) is 11.3 Å². The molecule has 0 unspecified atom stereocenters. The van der Waals surface area contributed by atoms with Gasteiger partial charge in [0.1, 0.15) is 9.88 Å². The van der Waals surface area contributed by atoms with E-state index in [-0.39, 0.29) is 51.5 Å². The summed E-state index contributed by atoms with van der Waals surface area (Å²) >= 11 is 1.63. The van der Waals surface area contributed by atoms with Crippen LogP contribution >= 0.6 is 23.1 Å². The maximum Gasteiger partial charge on any atom is 0.433 e. The minimum atomic E-state index is -4.62. The monoisotopic (exact) mass is 531 g/mol. The van der Waals surface area contributed by atoms with Crippen LogP contribution in [0.5, 0.6) is 0 Å². The number of halogens is 3. The van der Waals surface area contributed by atoms with E-state index >= 15 is 0 Å². The molecule has 1 amide bonds. The van der Waals surface area contributed by atoms with Crippen molar-refractivity contribution in [3.63, 3.8) is 0 Å². The molecule has 0 bridgehead atoms. The first-order valence-corrected chi connectivity index (χ1v) is 12.7. The van der Waals surface area contributed by atoms with Crippen LogP contribution in [0.15, 0.2) is 5.16 Å². The summed E-state index contributed by atoms with van der Waals surface area (Å²) in [4.78, 5) is 45.4. The van der Waals surface area contributed by atoms with E-state index in [1.54, 1.807) is 20.8 Å². The summed E-state index contributed by atoms with van der Waals surface area (Å²) in [5, 5.41) is 2.51. The second-order valence-corrected chi connectivity index (χ2v) is 9.49. The van der Waals surface area contributed by atoms with Crippen molar-refractivity contribution in [2.24, 2.45) is 0 Å². The Labute approximate surface area is 208 Å². The molecule has 35 heavy (non-hydrogen) atoms. The first-order chi connectivity index (χ1) is 16.6. The lowest BCUT2D eigenvalue weighted by Crippen LogP contribution is -2.20. The zero-order valence-electron chi connectivity index (χ0n) is 19.3. The maximum absolute atomic E-state index is 13.5. The summed E-state index contributed by atoms with van der Waals surface area (Å²) in [6.07, 6.45) is -2.54. The number of amides is 1. The highest BCUT2D eigenvalue weighted by Crippen LogP contribution is 2.37. The molecule has 0 spiro atoms. The molecule has 3 rings (SSSR count). The number of carbonyl (C=O) groups excluding carboxylic acids is 3. The fourth-order valence-corrected chi connectivity index (χ4v) is 5.37. The van der Waals surface area contributed by atoms with Gasteiger partial charge >= 0.3 is 18.1 Å². The minimum absolute atomic E-state index is 0.0302. The third-order valence-corrected chi connectivity index (χ3v) is 7.14. The molecule has 2 aromatic heterocycles. The van der Waals surface area contributed by atoms with Crippen LogP contribution in [0, 0.1) is 6.92 Å². The molecule has 0 fully saturated rings. The van der Waals surface area contributed by atoms with Gasteiger partial charge in [0.2, 0.25) is 5.91 Å². The lowest BCUT2D eigenvalue weighted by Gasteiger charge is -2.20. The zero-order chi connectivity index (χ0) is 25.8. The van der Waals surface area contributed by atoms with Crippen molar-refractivity contribution in [1.29, 1.82) is 0 Å². The third-order valence-electron chi connectivity index (χ3n) is 5.10. The number of esters is 2. The first kappa shape index (κ1) is 26.9. The molecule has 0 radical (unpaired) electrons. The summed E-state index contributed by atoms with van der Waals surface area (Å²) in [7, 11) is 0. The minimum Gasteiger partial charge on any atom is -0.462 e. The van der Waals surface area contributed by atoms with E-state index in [4.69, 9.17) is 9.47 Å². The highest BCUT2D eigenvalue weighted by molar-refractivity contribution is 7.99. The van der Waals surface area contributed by atoms with Crippen LogP contribution in [-0.2, 0) is 33.3 Å². The van der Waals surface area contributed by atoms with E-state index in [1.807, 2.05) is 0 Å². The maximum atomic E-state index is 13.5. The van der Waals surface area contributed by atoms with Crippen molar-refractivity contribution in [3.05, 3.63) is 33.0 Å². The second-order valence-electron chi connectivity index (χ2n) is 7.52. The molecule has 1 N–H and O–H groups in total. The van der Waals surface area contributed by atoms with Gasteiger partial charge in [-0.05, 0) is 52.0 Å². The summed E-state index contributed by atoms with van der Waals surface area (Å²) < 4.78 is 50.6. The summed E-state index contributed by atoms with van der Waals surface area (Å²) in [6, 6.07) is 0. The van der Waals surface area contributed by atoms with E-state index in [2.05, 4.69) is 15.3 Å². The van der Waals surface area contributed by atoms with Crippen LogP contribution in [0.4, 0.5) is 18.2 Å². The smallest absolute Gasteiger partial charge is 0.433 e. The van der Waals surface area contributed by atoms with Crippen molar-refractivity contribution >= 4 is 45.9 Å². The molecule has 0 aliphatic heterocycles. The van der Waals surface area contributed by atoms with Gasteiger partial charge in [-0.15, -0.1) is 11.3 Å². The van der Waals surface area contributed by atoms with E-state index in [1.165, 1.54) is 0 Å². The second kappa shape index (κ2) is 11.4. The van der Waals surface area contributed by atoms with Crippen molar-refractivity contribution < 1.29 is 37.0 Å². The fourth-order valence-electron chi connectivity index (χ4n) is 3.61. The fraction of sp³-hybridized carbons (Fsp3) is 0.500. The number of rotatable bonds is 8. The number of hydrogen-bond donors (Lipinski definition) is 1. The molecule has 190 valence electrons. The Bertz CT molecular complexity index is 1130. The first-order valence-electron chi connectivity index (χ1n) is 10.9. The standard InChI is InChI=1S/C22H24F3N3O5S2/c1-4-32-19(30)15-11(3)16(20(31)33-5-2)35-18(15)27-14(29)10-34-21-26-13-9-7-6-8-12(13)17(28-21)22(23,24)25/h4-10H2,1-3H3,(H,27,29). The van der Waals surface area contributed by atoms with Gasteiger partial charge < -0.3 is 14.8 Å². The Kier molecular flexibility index (Phi) is 8.75. The number of aryl methyl sites for hydroxylation is 1. The number of carbonyl (C=O) groups is 3. The lowest BCUT2D eigenvalue weighted by molar-refractivity contribution is -0.142. The van der Waals surface area contributed by atoms with Crippen molar-refractivity contribution in [2.45, 2.75) is 57.8 Å². The molecule has 2 aromatic rings. The molecule has 0 aromatic carbocycles. The van der Waals surface area contributed by atoms with Gasteiger partial charge in [-0.25, -0.2) is 19.6 Å². The topological polar surface area (TPSA) is 107 Å². The number of thioether (sulfide) groups is 1. The van der Waals surface area contributed by atoms with Gasteiger partial charge in [0.25, 0.3) is 0 Å². The van der Waals surface area contributed by atoms with Gasteiger partial charge in [-0.1, -0.05) is 11.8 Å². The molecule has 0 saturated heterocycles. The number of hydrogen-bond acceptors (Lipinski definition) is 9.